The lowest BCUT2D eigenvalue weighted by molar-refractivity contribution is -0.116. The van der Waals surface area contributed by atoms with Crippen molar-refractivity contribution in [3.05, 3.63) is 23.8 Å². The zero-order chi connectivity index (χ0) is 12.6. The number of carbonyl (C=O) groups is 1. The summed E-state index contributed by atoms with van der Waals surface area (Å²) in [6.07, 6.45) is 0. The summed E-state index contributed by atoms with van der Waals surface area (Å²) in [7, 11) is 0. The molecule has 0 aromatic heterocycles. The number of hydrogen-bond acceptors (Lipinski definition) is 2. The Labute approximate surface area is 102 Å². The van der Waals surface area contributed by atoms with Gasteiger partial charge in [0.2, 0.25) is 5.91 Å². The van der Waals surface area contributed by atoms with Gasteiger partial charge in [0, 0.05) is 6.92 Å². The fourth-order valence-electron chi connectivity index (χ4n) is 2.01. The number of benzene rings is 1. The molecule has 0 unspecified atom stereocenters. The summed E-state index contributed by atoms with van der Waals surface area (Å²) in [6.45, 7) is 9.30. The highest BCUT2D eigenvalue weighted by molar-refractivity contribution is 5.93. The summed E-state index contributed by atoms with van der Waals surface area (Å²) < 4.78 is 5.65. The highest BCUT2D eigenvalue weighted by atomic mass is 16.5. The number of hydrogen-bond donors (Lipinski definition) is 0. The molecule has 0 spiro atoms. The first kappa shape index (κ1) is 12.0. The molecule has 3 nitrogen and oxygen atoms in total. The smallest absolute Gasteiger partial charge is 0.224 e. The lowest BCUT2D eigenvalue weighted by atomic mass is 9.86. The zero-order valence-corrected chi connectivity index (χ0v) is 10.9. The van der Waals surface area contributed by atoms with Gasteiger partial charge >= 0.3 is 0 Å². The molecule has 0 bridgehead atoms. The summed E-state index contributed by atoms with van der Waals surface area (Å²) in [4.78, 5) is 13.3. The molecule has 3 heteroatoms. The van der Waals surface area contributed by atoms with Crippen LogP contribution in [0.2, 0.25) is 0 Å². The van der Waals surface area contributed by atoms with Gasteiger partial charge in [0.05, 0.1) is 12.2 Å². The minimum atomic E-state index is 0.0676. The van der Waals surface area contributed by atoms with E-state index in [0.29, 0.717) is 13.2 Å². The van der Waals surface area contributed by atoms with Crippen LogP contribution in [0.15, 0.2) is 18.2 Å². The van der Waals surface area contributed by atoms with Crippen LogP contribution in [0.5, 0.6) is 5.75 Å². The predicted molar refractivity (Wildman–Crippen MR) is 68.7 cm³/mol. The molecule has 1 heterocycles. The minimum absolute atomic E-state index is 0.0676. The van der Waals surface area contributed by atoms with E-state index in [9.17, 15) is 4.79 Å². The van der Waals surface area contributed by atoms with Crippen LogP contribution < -0.4 is 9.64 Å². The fourth-order valence-corrected chi connectivity index (χ4v) is 2.01. The molecule has 0 saturated carbocycles. The molecule has 0 N–H and O–H groups in total. The van der Waals surface area contributed by atoms with Crippen molar-refractivity contribution in [3.63, 3.8) is 0 Å². The Bertz CT molecular complexity index is 446. The first-order valence-electron chi connectivity index (χ1n) is 5.95. The number of fused-ring (bicyclic) bond motifs is 1. The molecule has 1 aromatic rings. The number of nitrogens with zero attached hydrogens (tertiary/aromatic N) is 1. The van der Waals surface area contributed by atoms with Crippen molar-refractivity contribution in [3.8, 4) is 5.75 Å². The third-order valence-electron chi connectivity index (χ3n) is 3.07. The maximum absolute atomic E-state index is 11.5. The highest BCUT2D eigenvalue weighted by Gasteiger charge is 2.23. The average molecular weight is 233 g/mol. The van der Waals surface area contributed by atoms with Gasteiger partial charge in [-0.1, -0.05) is 26.8 Å². The van der Waals surface area contributed by atoms with Crippen LogP contribution in [0.3, 0.4) is 0 Å². The molecule has 1 aliphatic rings. The summed E-state index contributed by atoms with van der Waals surface area (Å²) in [6, 6.07) is 6.10. The molecule has 0 fully saturated rings. The maximum Gasteiger partial charge on any atom is 0.224 e. The molecule has 0 saturated heterocycles. The van der Waals surface area contributed by atoms with Crippen molar-refractivity contribution < 1.29 is 9.53 Å². The zero-order valence-electron chi connectivity index (χ0n) is 10.9. The average Bonchev–Trinajstić information content (AvgIpc) is 2.26. The van der Waals surface area contributed by atoms with E-state index in [-0.39, 0.29) is 11.3 Å². The van der Waals surface area contributed by atoms with E-state index in [1.165, 1.54) is 5.56 Å². The second kappa shape index (κ2) is 4.06. The fraction of sp³-hybridized carbons (Fsp3) is 0.500. The molecule has 17 heavy (non-hydrogen) atoms. The Hall–Kier alpha value is -1.51. The third-order valence-corrected chi connectivity index (χ3v) is 3.07. The first-order valence-corrected chi connectivity index (χ1v) is 5.95. The summed E-state index contributed by atoms with van der Waals surface area (Å²) >= 11 is 0. The Morgan fingerprint density at radius 2 is 2.06 bits per heavy atom. The number of carbonyl (C=O) groups excluding carboxylic acids is 1. The van der Waals surface area contributed by atoms with Gasteiger partial charge in [-0.25, -0.2) is 0 Å². The Kier molecular flexibility index (Phi) is 2.86. The minimum Gasteiger partial charge on any atom is -0.490 e. The Morgan fingerprint density at radius 3 is 2.65 bits per heavy atom. The van der Waals surface area contributed by atoms with Gasteiger partial charge in [0.15, 0.2) is 0 Å². The quantitative estimate of drug-likeness (QED) is 0.689. The molecule has 1 aromatic carbocycles. The van der Waals surface area contributed by atoms with Crippen LogP contribution >= 0.6 is 0 Å². The second-order valence-corrected chi connectivity index (χ2v) is 5.45. The van der Waals surface area contributed by atoms with Gasteiger partial charge < -0.3 is 9.64 Å². The van der Waals surface area contributed by atoms with Crippen LogP contribution in [0.1, 0.15) is 33.3 Å². The van der Waals surface area contributed by atoms with Gasteiger partial charge in [-0.05, 0) is 23.1 Å². The molecule has 0 radical (unpaired) electrons. The van der Waals surface area contributed by atoms with E-state index in [2.05, 4.69) is 26.8 Å². The normalized spacial score (nSPS) is 15.2. The monoisotopic (exact) mass is 233 g/mol. The van der Waals surface area contributed by atoms with Crippen LogP contribution in [0, 0.1) is 0 Å². The SMILES string of the molecule is CC(=O)N1CCOc2cc(C(C)(C)C)ccc21. The molecular weight excluding hydrogens is 214 g/mol. The van der Waals surface area contributed by atoms with E-state index >= 15 is 0 Å². The number of ether oxygens (including phenoxy) is 1. The van der Waals surface area contributed by atoms with Gasteiger partial charge in [0.25, 0.3) is 0 Å². The summed E-state index contributed by atoms with van der Waals surface area (Å²) in [5.74, 6) is 0.886. The van der Waals surface area contributed by atoms with Crippen LogP contribution in [-0.2, 0) is 10.2 Å². The van der Waals surface area contributed by atoms with Gasteiger partial charge in [0.1, 0.15) is 12.4 Å². The van der Waals surface area contributed by atoms with Crippen LogP contribution in [-0.4, -0.2) is 19.1 Å². The lowest BCUT2D eigenvalue weighted by Crippen LogP contribution is -2.36. The van der Waals surface area contributed by atoms with Crippen molar-refractivity contribution in [1.82, 2.24) is 0 Å². The van der Waals surface area contributed by atoms with Crippen molar-refractivity contribution >= 4 is 11.6 Å². The van der Waals surface area contributed by atoms with E-state index in [1.807, 2.05) is 12.1 Å². The molecule has 2 rings (SSSR count). The molecule has 0 atom stereocenters. The van der Waals surface area contributed by atoms with Crippen LogP contribution in [0.25, 0.3) is 0 Å². The van der Waals surface area contributed by atoms with E-state index in [0.717, 1.165) is 11.4 Å². The summed E-state index contributed by atoms with van der Waals surface area (Å²) in [5, 5.41) is 0. The largest absolute Gasteiger partial charge is 0.490 e. The highest BCUT2D eigenvalue weighted by Crippen LogP contribution is 2.35. The molecule has 92 valence electrons. The molecule has 1 amide bonds. The van der Waals surface area contributed by atoms with Gasteiger partial charge in [-0.3, -0.25) is 4.79 Å². The predicted octanol–water partition coefficient (Wildman–Crippen LogP) is 2.73. The molecular formula is C14H19NO2. The third kappa shape index (κ3) is 2.28. The van der Waals surface area contributed by atoms with Crippen molar-refractivity contribution in [1.29, 1.82) is 0 Å². The van der Waals surface area contributed by atoms with Crippen molar-refractivity contribution in [2.75, 3.05) is 18.1 Å². The lowest BCUT2D eigenvalue weighted by Gasteiger charge is -2.30. The van der Waals surface area contributed by atoms with Crippen molar-refractivity contribution in [2.24, 2.45) is 0 Å². The molecule has 1 aliphatic heterocycles. The van der Waals surface area contributed by atoms with E-state index < -0.39 is 0 Å². The summed E-state index contributed by atoms with van der Waals surface area (Å²) in [5.41, 5.74) is 2.20. The number of amides is 1. The van der Waals surface area contributed by atoms with E-state index in [4.69, 9.17) is 4.74 Å². The van der Waals surface area contributed by atoms with E-state index in [1.54, 1.807) is 11.8 Å². The molecule has 0 aliphatic carbocycles. The first-order chi connectivity index (χ1) is 7.89. The van der Waals surface area contributed by atoms with Crippen molar-refractivity contribution in [2.45, 2.75) is 33.1 Å². The standard InChI is InChI=1S/C14H19NO2/c1-10(16)15-7-8-17-13-9-11(14(2,3)4)5-6-12(13)15/h5-6,9H,7-8H2,1-4H3. The number of rotatable bonds is 0. The topological polar surface area (TPSA) is 29.5 Å². The van der Waals surface area contributed by atoms with Crippen LogP contribution in [0.4, 0.5) is 5.69 Å². The Morgan fingerprint density at radius 1 is 1.35 bits per heavy atom. The number of anilines is 1. The Balaban J connectivity index is 2.43. The van der Waals surface area contributed by atoms with Gasteiger partial charge in [-0.15, -0.1) is 0 Å². The van der Waals surface area contributed by atoms with Gasteiger partial charge in [-0.2, -0.15) is 0 Å². The maximum atomic E-state index is 11.5. The second-order valence-electron chi connectivity index (χ2n) is 5.45.